The average molecular weight is 287 g/mol. The average Bonchev–Trinajstić information content (AvgIpc) is 3.18. The minimum atomic E-state index is 0.0827. The van der Waals surface area contributed by atoms with Gasteiger partial charge in [-0.2, -0.15) is 4.52 Å². The maximum absolute atomic E-state index is 5.61. The van der Waals surface area contributed by atoms with Crippen LogP contribution in [0.5, 0.6) is 0 Å². The molecule has 14 heteroatoms. The Morgan fingerprint density at radius 3 is 2.81 bits per heavy atom. The second-order valence-electron chi connectivity index (χ2n) is 3.73. The summed E-state index contributed by atoms with van der Waals surface area (Å²) in [5.41, 5.74) is 8.66. The number of hydrogen-bond acceptors (Lipinski definition) is 12. The Morgan fingerprint density at radius 2 is 1.95 bits per heavy atom. The summed E-state index contributed by atoms with van der Waals surface area (Å²) in [5.74, 6) is 0.799. The number of rotatable bonds is 3. The van der Waals surface area contributed by atoms with E-state index in [1.807, 2.05) is 0 Å². The van der Waals surface area contributed by atoms with Gasteiger partial charge < -0.3 is 5.73 Å². The number of aromatic nitrogens is 11. The molecule has 0 amide bonds. The third-order valence-corrected chi connectivity index (χ3v) is 2.44. The molecule has 21 heavy (non-hydrogen) atoms. The highest BCUT2D eigenvalue weighted by molar-refractivity contribution is 5.62. The number of nitrogen functional groups attached to an aromatic ring is 1. The topological polar surface area (TPSA) is 177 Å². The van der Waals surface area contributed by atoms with Crippen LogP contribution in [0.25, 0.3) is 17.3 Å². The molecule has 0 aliphatic heterocycles. The molecule has 0 aliphatic carbocycles. The highest BCUT2D eigenvalue weighted by Gasteiger charge is 2.17. The van der Waals surface area contributed by atoms with Crippen molar-refractivity contribution in [2.24, 2.45) is 0 Å². The first-order chi connectivity index (χ1) is 10.3. The summed E-state index contributed by atoms with van der Waals surface area (Å²) in [5, 5.41) is 33.8. The van der Waals surface area contributed by atoms with Gasteiger partial charge in [0.25, 0.3) is 11.7 Å². The van der Waals surface area contributed by atoms with Crippen LogP contribution >= 0.6 is 0 Å². The lowest BCUT2D eigenvalue weighted by atomic mass is 10.4. The van der Waals surface area contributed by atoms with E-state index in [4.69, 9.17) is 5.73 Å². The molecule has 0 saturated carbocycles. The van der Waals surface area contributed by atoms with Gasteiger partial charge in [0, 0.05) is 0 Å². The molecule has 0 atom stereocenters. The van der Waals surface area contributed by atoms with Gasteiger partial charge >= 0.3 is 0 Å². The molecule has 0 bridgehead atoms. The van der Waals surface area contributed by atoms with Gasteiger partial charge in [0.2, 0.25) is 5.82 Å². The Balaban J connectivity index is 1.71. The number of nitrogens with one attached hydrogen (secondary N) is 1. The third-order valence-electron chi connectivity index (χ3n) is 2.44. The Hall–Kier alpha value is -3.71. The second kappa shape index (κ2) is 4.15. The smallest absolute Gasteiger partial charge is 0.290 e. The summed E-state index contributed by atoms with van der Waals surface area (Å²) >= 11 is 0. The molecule has 0 saturated heterocycles. The Bertz CT molecular complexity index is 904. The quantitative estimate of drug-likeness (QED) is 0.424. The van der Waals surface area contributed by atoms with E-state index in [0.29, 0.717) is 0 Å². The lowest BCUT2D eigenvalue weighted by Crippen LogP contribution is -2.15. The van der Waals surface area contributed by atoms with Crippen molar-refractivity contribution in [3.63, 3.8) is 0 Å². The van der Waals surface area contributed by atoms with Gasteiger partial charge in [-0.15, -0.1) is 35.7 Å². The highest BCUT2D eigenvalue weighted by Crippen LogP contribution is 2.18. The zero-order chi connectivity index (χ0) is 14.2. The van der Waals surface area contributed by atoms with Crippen LogP contribution in [0.4, 0.5) is 11.8 Å². The zero-order valence-electron chi connectivity index (χ0n) is 10.1. The molecular formula is C7H5N13O. The van der Waals surface area contributed by atoms with Crippen LogP contribution in [-0.2, 0) is 0 Å². The molecule has 0 radical (unpaired) electrons. The minimum absolute atomic E-state index is 0.0827. The van der Waals surface area contributed by atoms with Gasteiger partial charge in [-0.05, 0) is 10.3 Å². The van der Waals surface area contributed by atoms with Crippen molar-refractivity contribution in [3.05, 3.63) is 12.7 Å². The Kier molecular flexibility index (Phi) is 2.20. The molecule has 4 heterocycles. The van der Waals surface area contributed by atoms with Crippen molar-refractivity contribution in [2.75, 3.05) is 11.2 Å². The lowest BCUT2D eigenvalue weighted by Gasteiger charge is -2.05. The molecule has 4 rings (SSSR count). The first-order valence-corrected chi connectivity index (χ1v) is 5.47. The van der Waals surface area contributed by atoms with Crippen LogP contribution < -0.4 is 11.2 Å². The molecule has 4 aromatic heterocycles. The molecule has 4 aromatic rings. The van der Waals surface area contributed by atoms with E-state index < -0.39 is 0 Å². The first kappa shape index (κ1) is 11.1. The molecule has 0 spiro atoms. The number of hydrogen-bond donors (Lipinski definition) is 2. The van der Waals surface area contributed by atoms with Crippen LogP contribution in [-0.4, -0.2) is 55.2 Å². The monoisotopic (exact) mass is 287 g/mol. The molecule has 0 unspecified atom stereocenters. The minimum Gasteiger partial charge on any atom is -0.379 e. The van der Waals surface area contributed by atoms with E-state index in [0.717, 1.165) is 0 Å². The molecule has 0 aromatic carbocycles. The van der Waals surface area contributed by atoms with E-state index in [2.05, 4.69) is 56.1 Å². The summed E-state index contributed by atoms with van der Waals surface area (Å²) in [6, 6.07) is 0. The Labute approximate surface area is 113 Å². The lowest BCUT2D eigenvalue weighted by molar-refractivity contribution is 0.310. The van der Waals surface area contributed by atoms with Crippen molar-refractivity contribution in [1.82, 2.24) is 55.2 Å². The van der Waals surface area contributed by atoms with Crippen molar-refractivity contribution in [2.45, 2.75) is 0 Å². The Morgan fingerprint density at radius 1 is 1.05 bits per heavy atom. The summed E-state index contributed by atoms with van der Waals surface area (Å²) in [4.78, 5) is 0. The van der Waals surface area contributed by atoms with E-state index in [1.54, 1.807) is 0 Å². The van der Waals surface area contributed by atoms with Crippen molar-refractivity contribution in [1.29, 1.82) is 0 Å². The fourth-order valence-corrected chi connectivity index (χ4v) is 1.56. The van der Waals surface area contributed by atoms with Crippen molar-refractivity contribution >= 4 is 17.5 Å². The summed E-state index contributed by atoms with van der Waals surface area (Å²) in [6.45, 7) is 0. The number of anilines is 2. The SMILES string of the molecule is Nc1nonc1-c1nncn1Nc1nnc2nncn2n1. The van der Waals surface area contributed by atoms with E-state index in [-0.39, 0.29) is 29.1 Å². The number of nitrogens with two attached hydrogens (primary N) is 1. The molecule has 0 aliphatic rings. The second-order valence-corrected chi connectivity index (χ2v) is 3.73. The molecule has 3 N–H and O–H groups in total. The fraction of sp³-hybridized carbons (Fsp3) is 0. The van der Waals surface area contributed by atoms with E-state index in [9.17, 15) is 0 Å². The molecule has 0 fully saturated rings. The van der Waals surface area contributed by atoms with Crippen LogP contribution in [0.2, 0.25) is 0 Å². The molecule has 104 valence electrons. The van der Waals surface area contributed by atoms with Crippen LogP contribution in [0.1, 0.15) is 0 Å². The van der Waals surface area contributed by atoms with Gasteiger partial charge in [0.15, 0.2) is 11.5 Å². The maximum atomic E-state index is 5.61. The molecular weight excluding hydrogens is 282 g/mol. The van der Waals surface area contributed by atoms with Crippen LogP contribution in [0.15, 0.2) is 17.3 Å². The number of fused-ring (bicyclic) bond motifs is 1. The van der Waals surface area contributed by atoms with Gasteiger partial charge in [0.05, 0.1) is 0 Å². The number of nitrogens with zero attached hydrogens (tertiary/aromatic N) is 11. The normalized spacial score (nSPS) is 11.0. The van der Waals surface area contributed by atoms with Gasteiger partial charge in [-0.3, -0.25) is 5.43 Å². The van der Waals surface area contributed by atoms with Gasteiger partial charge in [-0.1, -0.05) is 0 Å². The summed E-state index contributed by atoms with van der Waals surface area (Å²) < 4.78 is 7.27. The van der Waals surface area contributed by atoms with Crippen molar-refractivity contribution < 1.29 is 4.63 Å². The van der Waals surface area contributed by atoms with Crippen LogP contribution in [0, 0.1) is 0 Å². The van der Waals surface area contributed by atoms with E-state index >= 15 is 0 Å². The summed E-state index contributed by atoms with van der Waals surface area (Å²) in [7, 11) is 0. The van der Waals surface area contributed by atoms with Crippen LogP contribution in [0.3, 0.4) is 0 Å². The first-order valence-electron chi connectivity index (χ1n) is 5.47. The van der Waals surface area contributed by atoms with Gasteiger partial charge in [0.1, 0.15) is 12.7 Å². The predicted octanol–water partition coefficient (Wildman–Crippen LogP) is -1.99. The zero-order valence-corrected chi connectivity index (χ0v) is 10.1. The summed E-state index contributed by atoms with van der Waals surface area (Å²) in [6.07, 6.45) is 2.77. The van der Waals surface area contributed by atoms with Gasteiger partial charge in [-0.25, -0.2) is 9.31 Å². The standard InChI is InChI=1S/C7H5N13O/c8-4-3(17-21-18-4)5-11-9-1-19(5)15-6-12-14-7-13-10-2-20(7)16-6/h1-2H,(H2,8,18)(H,15,16). The maximum Gasteiger partial charge on any atom is 0.290 e. The van der Waals surface area contributed by atoms with Crippen molar-refractivity contribution in [3.8, 4) is 11.5 Å². The largest absolute Gasteiger partial charge is 0.379 e. The van der Waals surface area contributed by atoms with E-state index in [1.165, 1.54) is 21.8 Å². The predicted molar refractivity (Wildman–Crippen MR) is 63.1 cm³/mol. The highest BCUT2D eigenvalue weighted by atomic mass is 16.6. The molecule has 14 nitrogen and oxygen atoms in total. The third kappa shape index (κ3) is 1.78. The fourth-order valence-electron chi connectivity index (χ4n) is 1.56.